The number of aliphatic hydroxyl groups excluding tert-OH is 1. The van der Waals surface area contributed by atoms with Crippen molar-refractivity contribution in [1.82, 2.24) is 10.6 Å². The van der Waals surface area contributed by atoms with Crippen molar-refractivity contribution in [2.75, 3.05) is 26.7 Å². The van der Waals surface area contributed by atoms with E-state index in [1.807, 2.05) is 24.3 Å². The number of benzene rings is 2. The van der Waals surface area contributed by atoms with Crippen LogP contribution in [0.2, 0.25) is 0 Å². The van der Waals surface area contributed by atoms with E-state index in [1.165, 1.54) is 11.1 Å². The summed E-state index contributed by atoms with van der Waals surface area (Å²) in [5.41, 5.74) is 3.52. The van der Waals surface area contributed by atoms with Gasteiger partial charge in [-0.05, 0) is 23.3 Å². The van der Waals surface area contributed by atoms with Crippen LogP contribution in [0.1, 0.15) is 5.56 Å². The highest BCUT2D eigenvalue weighted by Gasteiger charge is 2.24. The predicted molar refractivity (Wildman–Crippen MR) is 99.8 cm³/mol. The van der Waals surface area contributed by atoms with E-state index in [1.54, 1.807) is 7.11 Å². The van der Waals surface area contributed by atoms with Gasteiger partial charge in [0.2, 0.25) is 0 Å². The van der Waals surface area contributed by atoms with Crippen LogP contribution < -0.4 is 15.4 Å². The van der Waals surface area contributed by atoms with E-state index in [-0.39, 0.29) is 24.4 Å². The Bertz CT molecular complexity index is 637. The lowest BCUT2D eigenvalue weighted by Crippen LogP contribution is -2.30. The molecule has 1 saturated heterocycles. The van der Waals surface area contributed by atoms with Gasteiger partial charge in [0.1, 0.15) is 5.75 Å². The number of rotatable bonds is 6. The van der Waals surface area contributed by atoms with Gasteiger partial charge in [-0.3, -0.25) is 0 Å². The fourth-order valence-corrected chi connectivity index (χ4v) is 3.05. The fraction of sp³-hybridized carbons (Fsp3) is 0.368. The van der Waals surface area contributed by atoms with Crippen molar-refractivity contribution in [3.63, 3.8) is 0 Å². The molecule has 2 aromatic carbocycles. The number of methoxy groups -OCH3 is 1. The standard InChI is InChI=1S/C19H24N2O2.ClH/c1-23-19-8-7-15(14-5-3-2-4-6-14)9-16(19)10-20-11-17-12-21-13-18(17)22;/h2-9,17-18,20-22H,10-13H2,1H3;1H. The first-order valence-electron chi connectivity index (χ1n) is 8.10. The van der Waals surface area contributed by atoms with Gasteiger partial charge in [-0.1, -0.05) is 36.4 Å². The average Bonchev–Trinajstić information content (AvgIpc) is 3.01. The Kier molecular flexibility index (Phi) is 7.06. The molecule has 0 spiro atoms. The van der Waals surface area contributed by atoms with Crippen LogP contribution in [0.5, 0.6) is 5.75 Å². The number of aliphatic hydroxyl groups is 1. The summed E-state index contributed by atoms with van der Waals surface area (Å²) in [6.45, 7) is 3.09. The second kappa shape index (κ2) is 9.04. The number of hydrogen-bond acceptors (Lipinski definition) is 4. The van der Waals surface area contributed by atoms with E-state index in [9.17, 15) is 5.11 Å². The molecule has 2 unspecified atom stereocenters. The summed E-state index contributed by atoms with van der Waals surface area (Å²) in [6.07, 6.45) is -0.250. The summed E-state index contributed by atoms with van der Waals surface area (Å²) >= 11 is 0. The SMILES string of the molecule is COc1ccc(-c2ccccc2)cc1CNCC1CNCC1O.Cl. The molecule has 1 heterocycles. The van der Waals surface area contributed by atoms with Gasteiger partial charge in [0.25, 0.3) is 0 Å². The maximum Gasteiger partial charge on any atom is 0.123 e. The maximum atomic E-state index is 9.85. The van der Waals surface area contributed by atoms with E-state index < -0.39 is 0 Å². The molecule has 0 amide bonds. The van der Waals surface area contributed by atoms with Crippen LogP contribution in [0.15, 0.2) is 48.5 Å². The number of ether oxygens (including phenoxy) is 1. The Morgan fingerprint density at radius 3 is 2.58 bits per heavy atom. The Hall–Kier alpha value is -1.59. The molecule has 5 heteroatoms. The molecule has 4 nitrogen and oxygen atoms in total. The van der Waals surface area contributed by atoms with Crippen LogP contribution in [0, 0.1) is 5.92 Å². The van der Waals surface area contributed by atoms with Crippen molar-refractivity contribution >= 4 is 12.4 Å². The van der Waals surface area contributed by atoms with Crippen LogP contribution >= 0.6 is 12.4 Å². The monoisotopic (exact) mass is 348 g/mol. The minimum atomic E-state index is -0.250. The summed E-state index contributed by atoms with van der Waals surface area (Å²) in [7, 11) is 1.70. The molecule has 2 atom stereocenters. The van der Waals surface area contributed by atoms with Crippen LogP contribution in [0.3, 0.4) is 0 Å². The third-order valence-electron chi connectivity index (χ3n) is 4.41. The van der Waals surface area contributed by atoms with Crippen molar-refractivity contribution in [3.05, 3.63) is 54.1 Å². The second-order valence-electron chi connectivity index (χ2n) is 6.01. The molecular weight excluding hydrogens is 324 g/mol. The van der Waals surface area contributed by atoms with Crippen molar-refractivity contribution in [2.24, 2.45) is 5.92 Å². The summed E-state index contributed by atoms with van der Waals surface area (Å²) < 4.78 is 5.48. The van der Waals surface area contributed by atoms with Crippen LogP contribution in [-0.2, 0) is 6.54 Å². The first kappa shape index (κ1) is 18.7. The van der Waals surface area contributed by atoms with Crippen molar-refractivity contribution < 1.29 is 9.84 Å². The minimum absolute atomic E-state index is 0. The Morgan fingerprint density at radius 2 is 1.92 bits per heavy atom. The smallest absolute Gasteiger partial charge is 0.123 e. The molecule has 2 aromatic rings. The van der Waals surface area contributed by atoms with Gasteiger partial charge in [-0.25, -0.2) is 0 Å². The van der Waals surface area contributed by atoms with Gasteiger partial charge < -0.3 is 20.5 Å². The van der Waals surface area contributed by atoms with Gasteiger partial charge in [0.05, 0.1) is 13.2 Å². The zero-order valence-corrected chi connectivity index (χ0v) is 14.7. The number of β-amino-alcohol motifs (C(OH)–C–C–N with tert-alkyl or cyclic N) is 1. The highest BCUT2D eigenvalue weighted by molar-refractivity contribution is 5.85. The molecule has 24 heavy (non-hydrogen) atoms. The Labute approximate surface area is 149 Å². The molecule has 0 bridgehead atoms. The summed E-state index contributed by atoms with van der Waals surface area (Å²) in [5, 5.41) is 16.5. The molecule has 0 aliphatic carbocycles. The van der Waals surface area contributed by atoms with Crippen LogP contribution in [0.4, 0.5) is 0 Å². The van der Waals surface area contributed by atoms with E-state index in [0.717, 1.165) is 30.9 Å². The van der Waals surface area contributed by atoms with E-state index in [4.69, 9.17) is 4.74 Å². The van der Waals surface area contributed by atoms with Gasteiger partial charge in [-0.15, -0.1) is 12.4 Å². The molecule has 0 saturated carbocycles. The number of halogens is 1. The topological polar surface area (TPSA) is 53.5 Å². The van der Waals surface area contributed by atoms with Crippen LogP contribution in [-0.4, -0.2) is 38.0 Å². The van der Waals surface area contributed by atoms with E-state index >= 15 is 0 Å². The lowest BCUT2D eigenvalue weighted by molar-refractivity contribution is 0.146. The van der Waals surface area contributed by atoms with Gasteiger partial charge in [0.15, 0.2) is 0 Å². The van der Waals surface area contributed by atoms with E-state index in [0.29, 0.717) is 6.54 Å². The molecule has 1 aliphatic rings. The molecule has 3 rings (SSSR count). The van der Waals surface area contributed by atoms with Crippen molar-refractivity contribution in [2.45, 2.75) is 12.6 Å². The lowest BCUT2D eigenvalue weighted by Gasteiger charge is -2.16. The zero-order valence-electron chi connectivity index (χ0n) is 13.9. The van der Waals surface area contributed by atoms with Gasteiger partial charge in [0, 0.05) is 37.7 Å². The first-order valence-corrected chi connectivity index (χ1v) is 8.10. The molecule has 1 aliphatic heterocycles. The van der Waals surface area contributed by atoms with E-state index in [2.05, 4.69) is 34.9 Å². The summed E-state index contributed by atoms with van der Waals surface area (Å²) in [6, 6.07) is 16.6. The average molecular weight is 349 g/mol. The van der Waals surface area contributed by atoms with Gasteiger partial charge >= 0.3 is 0 Å². The molecular formula is C19H25ClN2O2. The second-order valence-corrected chi connectivity index (χ2v) is 6.01. The Balaban J connectivity index is 0.00000208. The quantitative estimate of drug-likeness (QED) is 0.750. The minimum Gasteiger partial charge on any atom is -0.496 e. The summed E-state index contributed by atoms with van der Waals surface area (Å²) in [4.78, 5) is 0. The highest BCUT2D eigenvalue weighted by Crippen LogP contribution is 2.26. The van der Waals surface area contributed by atoms with Crippen molar-refractivity contribution in [3.8, 4) is 16.9 Å². The van der Waals surface area contributed by atoms with Gasteiger partial charge in [-0.2, -0.15) is 0 Å². The first-order chi connectivity index (χ1) is 11.3. The highest BCUT2D eigenvalue weighted by atomic mass is 35.5. The normalized spacial score (nSPS) is 19.8. The maximum absolute atomic E-state index is 9.85. The third-order valence-corrected chi connectivity index (χ3v) is 4.41. The zero-order chi connectivity index (χ0) is 16.1. The fourth-order valence-electron chi connectivity index (χ4n) is 3.05. The predicted octanol–water partition coefficient (Wildman–Crippen LogP) is 2.45. The van der Waals surface area contributed by atoms with Crippen molar-refractivity contribution in [1.29, 1.82) is 0 Å². The number of nitrogens with one attached hydrogen (secondary N) is 2. The largest absolute Gasteiger partial charge is 0.496 e. The molecule has 0 radical (unpaired) electrons. The number of hydrogen-bond donors (Lipinski definition) is 3. The molecule has 3 N–H and O–H groups in total. The Morgan fingerprint density at radius 1 is 1.12 bits per heavy atom. The van der Waals surface area contributed by atoms with Crippen LogP contribution in [0.25, 0.3) is 11.1 Å². The molecule has 130 valence electrons. The summed E-state index contributed by atoms with van der Waals surface area (Å²) in [5.74, 6) is 1.17. The molecule has 1 fully saturated rings. The lowest BCUT2D eigenvalue weighted by atomic mass is 10.0. The molecule has 0 aromatic heterocycles. The third kappa shape index (κ3) is 4.48.